The van der Waals surface area contributed by atoms with E-state index in [2.05, 4.69) is 5.32 Å². The molecule has 1 saturated heterocycles. The number of rotatable bonds is 7. The number of nitrogens with two attached hydrogens (primary N) is 1. The zero-order valence-corrected chi connectivity index (χ0v) is 17.7. The highest BCUT2D eigenvalue weighted by Crippen LogP contribution is 2.23. The molecule has 0 aliphatic carbocycles. The van der Waals surface area contributed by atoms with Crippen LogP contribution in [0.3, 0.4) is 0 Å². The number of piperidine rings is 1. The van der Waals surface area contributed by atoms with Crippen molar-refractivity contribution in [3.05, 3.63) is 54.1 Å². The van der Waals surface area contributed by atoms with E-state index in [1.165, 1.54) is 17.0 Å². The molecule has 3 rings (SSSR count). The smallest absolute Gasteiger partial charge is 0.322 e. The fourth-order valence-corrected chi connectivity index (χ4v) is 3.88. The standard InChI is InChI=1S/C21H21N3O7S/c22-32(30,31)16-7-5-15(6-8-16)14-3-1-13(2-4-14)12-24-10-9-17(25)19(21(24)29)20(28)23-11-18(26)27/h1-8,19H,9-12H2,(H,23,28)(H,26,27)(H2,22,30,31). The van der Waals surface area contributed by atoms with Crippen molar-refractivity contribution in [1.29, 1.82) is 0 Å². The lowest BCUT2D eigenvalue weighted by Crippen LogP contribution is -2.52. The third-order valence-electron chi connectivity index (χ3n) is 5.03. The molecule has 1 aliphatic rings. The van der Waals surface area contributed by atoms with Gasteiger partial charge in [0.25, 0.3) is 0 Å². The average Bonchev–Trinajstić information content (AvgIpc) is 2.74. The number of amides is 2. The molecule has 0 aromatic heterocycles. The number of aliphatic carboxylic acids is 1. The Balaban J connectivity index is 1.69. The number of nitrogens with zero attached hydrogens (tertiary/aromatic N) is 1. The van der Waals surface area contributed by atoms with Gasteiger partial charge in [-0.25, -0.2) is 13.6 Å². The number of ketones is 1. The molecule has 1 fully saturated rings. The van der Waals surface area contributed by atoms with Gasteiger partial charge in [0.2, 0.25) is 21.8 Å². The van der Waals surface area contributed by atoms with Crippen LogP contribution < -0.4 is 10.5 Å². The molecule has 1 aliphatic heterocycles. The minimum atomic E-state index is -3.77. The molecule has 10 nitrogen and oxygen atoms in total. The van der Waals surface area contributed by atoms with Crippen molar-refractivity contribution in [1.82, 2.24) is 10.2 Å². The number of hydrogen-bond acceptors (Lipinski definition) is 6. The van der Waals surface area contributed by atoms with Gasteiger partial charge >= 0.3 is 5.97 Å². The predicted molar refractivity (Wildman–Crippen MR) is 112 cm³/mol. The molecule has 1 heterocycles. The van der Waals surface area contributed by atoms with Crippen LogP contribution in [0.5, 0.6) is 0 Å². The fraction of sp³-hybridized carbons (Fsp3) is 0.238. The first-order chi connectivity index (χ1) is 15.1. The predicted octanol–water partition coefficient (Wildman–Crippen LogP) is 0.119. The van der Waals surface area contributed by atoms with Crippen molar-refractivity contribution in [3.63, 3.8) is 0 Å². The van der Waals surface area contributed by atoms with Crippen LogP contribution in [0.1, 0.15) is 12.0 Å². The van der Waals surface area contributed by atoms with Crippen molar-refractivity contribution in [2.24, 2.45) is 11.1 Å². The van der Waals surface area contributed by atoms with Crippen molar-refractivity contribution in [3.8, 4) is 11.1 Å². The van der Waals surface area contributed by atoms with Gasteiger partial charge in [-0.1, -0.05) is 36.4 Å². The molecular weight excluding hydrogens is 438 g/mol. The molecule has 2 aromatic carbocycles. The molecule has 2 amide bonds. The summed E-state index contributed by atoms with van der Waals surface area (Å²) in [6, 6.07) is 13.3. The zero-order chi connectivity index (χ0) is 23.5. The van der Waals surface area contributed by atoms with E-state index in [9.17, 15) is 27.6 Å². The summed E-state index contributed by atoms with van der Waals surface area (Å²) in [4.78, 5) is 48.9. The maximum Gasteiger partial charge on any atom is 0.322 e. The number of carbonyl (C=O) groups excluding carboxylic acids is 3. The first kappa shape index (κ1) is 23.1. The Morgan fingerprint density at radius 2 is 1.59 bits per heavy atom. The fourth-order valence-electron chi connectivity index (χ4n) is 3.36. The minimum Gasteiger partial charge on any atom is -0.480 e. The summed E-state index contributed by atoms with van der Waals surface area (Å²) in [6.07, 6.45) is 0.00534. The van der Waals surface area contributed by atoms with E-state index in [0.717, 1.165) is 16.7 Å². The number of hydrogen-bond donors (Lipinski definition) is 3. The Morgan fingerprint density at radius 3 is 2.12 bits per heavy atom. The van der Waals surface area contributed by atoms with Crippen molar-refractivity contribution in [2.75, 3.05) is 13.1 Å². The third kappa shape index (κ3) is 5.37. The first-order valence-corrected chi connectivity index (χ1v) is 11.1. The van der Waals surface area contributed by atoms with Gasteiger partial charge < -0.3 is 15.3 Å². The number of Topliss-reactive ketones (excluding diaryl/α,β-unsaturated/α-hetero) is 1. The molecule has 4 N–H and O–H groups in total. The van der Waals surface area contributed by atoms with Crippen molar-refractivity contribution in [2.45, 2.75) is 17.9 Å². The normalized spacial score (nSPS) is 16.7. The molecule has 0 spiro atoms. The van der Waals surface area contributed by atoms with E-state index in [1.54, 1.807) is 36.4 Å². The van der Waals surface area contributed by atoms with Crippen LogP contribution in [-0.4, -0.2) is 55.1 Å². The molecule has 0 radical (unpaired) electrons. The van der Waals surface area contributed by atoms with E-state index in [1.807, 2.05) is 0 Å². The topological polar surface area (TPSA) is 164 Å². The lowest BCUT2D eigenvalue weighted by molar-refractivity contribution is -0.152. The maximum absolute atomic E-state index is 12.7. The number of carbonyl (C=O) groups is 4. The van der Waals surface area contributed by atoms with Crippen LogP contribution in [0.15, 0.2) is 53.4 Å². The lowest BCUT2D eigenvalue weighted by Gasteiger charge is -2.30. The van der Waals surface area contributed by atoms with Crippen LogP contribution in [0.25, 0.3) is 11.1 Å². The molecule has 1 atom stereocenters. The minimum absolute atomic E-state index is 0.00534. The van der Waals surface area contributed by atoms with Crippen molar-refractivity contribution >= 4 is 33.6 Å². The second kappa shape index (κ2) is 9.28. The largest absolute Gasteiger partial charge is 0.480 e. The van der Waals surface area contributed by atoms with Gasteiger partial charge in [0.15, 0.2) is 11.7 Å². The van der Waals surface area contributed by atoms with Crippen molar-refractivity contribution < 1.29 is 32.7 Å². The average molecular weight is 459 g/mol. The highest BCUT2D eigenvalue weighted by atomic mass is 32.2. The monoisotopic (exact) mass is 459 g/mol. The van der Waals surface area contributed by atoms with Gasteiger partial charge in [0.1, 0.15) is 6.54 Å². The summed E-state index contributed by atoms with van der Waals surface area (Å²) in [5.41, 5.74) is 2.36. The Hall–Kier alpha value is -3.57. The number of nitrogens with one attached hydrogen (secondary N) is 1. The second-order valence-corrected chi connectivity index (χ2v) is 8.85. The number of sulfonamides is 1. The van der Waals surface area contributed by atoms with E-state index < -0.39 is 46.1 Å². The van der Waals surface area contributed by atoms with Gasteiger partial charge in [-0.15, -0.1) is 0 Å². The first-order valence-electron chi connectivity index (χ1n) is 9.59. The van der Waals surface area contributed by atoms with Gasteiger partial charge in [0.05, 0.1) is 4.90 Å². The Morgan fingerprint density at radius 1 is 1.03 bits per heavy atom. The summed E-state index contributed by atoms with van der Waals surface area (Å²) < 4.78 is 22.7. The quantitative estimate of drug-likeness (QED) is 0.495. The Labute approximate surface area is 184 Å². The summed E-state index contributed by atoms with van der Waals surface area (Å²) in [6.45, 7) is -0.327. The Bertz CT molecular complexity index is 1160. The molecule has 2 aromatic rings. The van der Waals surface area contributed by atoms with Crippen LogP contribution >= 0.6 is 0 Å². The molecular formula is C21H21N3O7S. The van der Waals surface area contributed by atoms with Crippen LogP contribution in [0, 0.1) is 5.92 Å². The van der Waals surface area contributed by atoms with Gasteiger partial charge in [0, 0.05) is 19.5 Å². The Kier molecular flexibility index (Phi) is 6.70. The number of carboxylic acid groups (broad SMARTS) is 1. The molecule has 0 bridgehead atoms. The van der Waals surface area contributed by atoms with E-state index >= 15 is 0 Å². The van der Waals surface area contributed by atoms with Crippen LogP contribution in [0.2, 0.25) is 0 Å². The molecule has 168 valence electrons. The van der Waals surface area contributed by atoms with Gasteiger partial charge in [-0.3, -0.25) is 19.2 Å². The number of primary sulfonamides is 1. The molecule has 1 unspecified atom stereocenters. The van der Waals surface area contributed by atoms with E-state index in [4.69, 9.17) is 10.2 Å². The summed E-state index contributed by atoms with van der Waals surface area (Å²) >= 11 is 0. The summed E-state index contributed by atoms with van der Waals surface area (Å²) in [5, 5.41) is 15.8. The van der Waals surface area contributed by atoms with Crippen LogP contribution in [-0.2, 0) is 35.7 Å². The SMILES string of the molecule is NS(=O)(=O)c1ccc(-c2ccc(CN3CCC(=O)C(C(=O)NCC(=O)O)C3=O)cc2)cc1. The highest BCUT2D eigenvalue weighted by molar-refractivity contribution is 7.89. The van der Waals surface area contributed by atoms with E-state index in [0.29, 0.717) is 0 Å². The molecule has 32 heavy (non-hydrogen) atoms. The highest BCUT2D eigenvalue weighted by Gasteiger charge is 2.40. The summed E-state index contributed by atoms with van der Waals surface area (Å²) in [7, 11) is -3.77. The van der Waals surface area contributed by atoms with Crippen LogP contribution in [0.4, 0.5) is 0 Å². The van der Waals surface area contributed by atoms with Gasteiger partial charge in [-0.05, 0) is 28.8 Å². The molecule has 0 saturated carbocycles. The number of benzene rings is 2. The number of carboxylic acids is 1. The van der Waals surface area contributed by atoms with Gasteiger partial charge in [-0.2, -0.15) is 0 Å². The van der Waals surface area contributed by atoms with E-state index in [-0.39, 0.29) is 24.4 Å². The molecule has 11 heteroatoms. The lowest BCUT2D eigenvalue weighted by atomic mass is 9.94. The third-order valence-corrected chi connectivity index (χ3v) is 5.96. The summed E-state index contributed by atoms with van der Waals surface area (Å²) in [5.74, 6) is -4.92. The second-order valence-electron chi connectivity index (χ2n) is 7.29. The zero-order valence-electron chi connectivity index (χ0n) is 16.9. The maximum atomic E-state index is 12.7. The number of likely N-dealkylation sites (tertiary alicyclic amines) is 1.